The van der Waals surface area contributed by atoms with Crippen molar-refractivity contribution in [3.63, 3.8) is 0 Å². The number of aliphatic hydroxyl groups is 2. The first-order valence-corrected chi connectivity index (χ1v) is 11.2. The summed E-state index contributed by atoms with van der Waals surface area (Å²) >= 11 is 6.50. The van der Waals surface area contributed by atoms with Crippen LogP contribution in [0.3, 0.4) is 0 Å². The average molecular weight is 447 g/mol. The molecule has 2 aromatic carbocycles. The SMILES string of the molecule is CCOc1ccc(Cc2cc([C@]34CC(O)[C@H](O)[C@](OC5CC5)(CO3)O4)ccc2Cl)cc1. The monoisotopic (exact) mass is 446 g/mol. The van der Waals surface area contributed by atoms with Crippen LogP contribution in [0.15, 0.2) is 42.5 Å². The second-order valence-corrected chi connectivity index (χ2v) is 8.96. The van der Waals surface area contributed by atoms with Crippen molar-refractivity contribution in [2.24, 2.45) is 0 Å². The smallest absolute Gasteiger partial charge is 0.224 e. The van der Waals surface area contributed by atoms with Gasteiger partial charge in [0.2, 0.25) is 11.6 Å². The normalized spacial score (nSPS) is 32.3. The highest BCUT2D eigenvalue weighted by Crippen LogP contribution is 2.51. The molecule has 2 N–H and O–H groups in total. The molecular formula is C24H27ClO6. The highest BCUT2D eigenvalue weighted by molar-refractivity contribution is 6.31. The highest BCUT2D eigenvalue weighted by atomic mass is 35.5. The number of rotatable bonds is 7. The van der Waals surface area contributed by atoms with Gasteiger partial charge in [-0.2, -0.15) is 0 Å². The van der Waals surface area contributed by atoms with E-state index in [9.17, 15) is 10.2 Å². The molecule has 7 heteroatoms. The maximum atomic E-state index is 10.6. The summed E-state index contributed by atoms with van der Waals surface area (Å²) < 4.78 is 23.9. The second kappa shape index (κ2) is 8.03. The minimum Gasteiger partial charge on any atom is -0.494 e. The first kappa shape index (κ1) is 21.2. The molecule has 0 spiro atoms. The Balaban J connectivity index is 1.41. The van der Waals surface area contributed by atoms with Crippen LogP contribution in [0, 0.1) is 0 Å². The molecule has 6 nitrogen and oxygen atoms in total. The first-order chi connectivity index (χ1) is 14.9. The van der Waals surface area contributed by atoms with E-state index < -0.39 is 23.8 Å². The number of halogens is 1. The van der Waals surface area contributed by atoms with Crippen LogP contribution >= 0.6 is 11.6 Å². The lowest BCUT2D eigenvalue weighted by Crippen LogP contribution is -2.58. The van der Waals surface area contributed by atoms with Crippen LogP contribution in [0.1, 0.15) is 42.9 Å². The Morgan fingerprint density at radius 2 is 1.90 bits per heavy atom. The number of hydrogen-bond acceptors (Lipinski definition) is 6. The minimum atomic E-state index is -1.34. The molecule has 3 fully saturated rings. The third-order valence-electron chi connectivity index (χ3n) is 6.14. The molecule has 0 aromatic heterocycles. The van der Waals surface area contributed by atoms with Crippen molar-refractivity contribution >= 4 is 11.6 Å². The summed E-state index contributed by atoms with van der Waals surface area (Å²) in [7, 11) is 0. The summed E-state index contributed by atoms with van der Waals surface area (Å²) in [6.45, 7) is 2.65. The van der Waals surface area contributed by atoms with E-state index in [4.69, 9.17) is 30.5 Å². The molecule has 2 aromatic rings. The summed E-state index contributed by atoms with van der Waals surface area (Å²) in [4.78, 5) is 0. The van der Waals surface area contributed by atoms with Crippen LogP contribution in [0.5, 0.6) is 5.75 Å². The van der Waals surface area contributed by atoms with E-state index >= 15 is 0 Å². The Hall–Kier alpha value is -1.67. The Morgan fingerprint density at radius 3 is 2.61 bits per heavy atom. The number of ether oxygens (including phenoxy) is 4. The van der Waals surface area contributed by atoms with Gasteiger partial charge in [-0.05, 0) is 61.6 Å². The molecular weight excluding hydrogens is 420 g/mol. The highest BCUT2D eigenvalue weighted by Gasteiger charge is 2.64. The van der Waals surface area contributed by atoms with Crippen LogP contribution in [0.4, 0.5) is 0 Å². The molecule has 0 radical (unpaired) electrons. The lowest BCUT2D eigenvalue weighted by molar-refractivity contribution is -0.352. The number of aliphatic hydroxyl groups excluding tert-OH is 2. The molecule has 3 aliphatic rings. The van der Waals surface area contributed by atoms with E-state index in [-0.39, 0.29) is 19.1 Å². The van der Waals surface area contributed by atoms with Crippen molar-refractivity contribution in [2.75, 3.05) is 13.2 Å². The third kappa shape index (κ3) is 3.97. The predicted molar refractivity (Wildman–Crippen MR) is 114 cm³/mol. The molecule has 1 unspecified atom stereocenters. The van der Waals surface area contributed by atoms with Crippen LogP contribution in [0.2, 0.25) is 5.02 Å². The summed E-state index contributed by atoms with van der Waals surface area (Å²) in [6.07, 6.45) is 0.472. The largest absolute Gasteiger partial charge is 0.494 e. The molecule has 2 bridgehead atoms. The topological polar surface area (TPSA) is 77.4 Å². The van der Waals surface area contributed by atoms with E-state index in [0.717, 1.165) is 35.3 Å². The maximum absolute atomic E-state index is 10.6. The fraction of sp³-hybridized carbons (Fsp3) is 0.500. The van der Waals surface area contributed by atoms with E-state index in [1.165, 1.54) is 0 Å². The summed E-state index contributed by atoms with van der Waals surface area (Å²) in [5, 5.41) is 21.8. The van der Waals surface area contributed by atoms with Gasteiger partial charge in [0.1, 0.15) is 18.5 Å². The fourth-order valence-corrected chi connectivity index (χ4v) is 4.56. The Morgan fingerprint density at radius 1 is 1.13 bits per heavy atom. The molecule has 0 amide bonds. The van der Waals surface area contributed by atoms with Crippen molar-refractivity contribution in [2.45, 2.75) is 62.5 Å². The van der Waals surface area contributed by atoms with Crippen molar-refractivity contribution < 1.29 is 29.2 Å². The lowest BCUT2D eigenvalue weighted by atomic mass is 9.90. The van der Waals surface area contributed by atoms with E-state index in [1.807, 2.05) is 49.4 Å². The van der Waals surface area contributed by atoms with Crippen LogP contribution in [-0.2, 0) is 26.4 Å². The molecule has 31 heavy (non-hydrogen) atoms. The first-order valence-electron chi connectivity index (χ1n) is 10.8. The Bertz CT molecular complexity index is 946. The van der Waals surface area contributed by atoms with Gasteiger partial charge in [-0.15, -0.1) is 0 Å². The van der Waals surface area contributed by atoms with Crippen LogP contribution < -0.4 is 4.74 Å². The van der Waals surface area contributed by atoms with Crippen molar-refractivity contribution in [3.8, 4) is 5.75 Å². The maximum Gasteiger partial charge on any atom is 0.224 e. The molecule has 1 saturated carbocycles. The standard InChI is InChI=1S/C24H27ClO6/c1-2-28-18-6-3-15(4-7-18)11-16-12-17(5-10-20(16)25)23-13-21(26)22(27)24(31-23,14-29-23)30-19-8-9-19/h3-7,10,12,19,21-22,26-27H,2,8-9,11,13-14H2,1H3/t21?,22-,23+,24-/m0/s1. The molecule has 4 atom stereocenters. The van der Waals surface area contributed by atoms with Crippen LogP contribution in [0.25, 0.3) is 0 Å². The lowest BCUT2D eigenvalue weighted by Gasteiger charge is -2.43. The third-order valence-corrected chi connectivity index (χ3v) is 6.51. The van der Waals surface area contributed by atoms with Gasteiger partial charge in [0.15, 0.2) is 0 Å². The van der Waals surface area contributed by atoms with Gasteiger partial charge in [0.25, 0.3) is 0 Å². The summed E-state index contributed by atoms with van der Waals surface area (Å²) in [6, 6.07) is 13.6. The van der Waals surface area contributed by atoms with E-state index in [0.29, 0.717) is 18.1 Å². The van der Waals surface area contributed by atoms with Crippen molar-refractivity contribution in [1.82, 2.24) is 0 Å². The van der Waals surface area contributed by atoms with Crippen molar-refractivity contribution in [3.05, 3.63) is 64.2 Å². The van der Waals surface area contributed by atoms with Gasteiger partial charge in [0.05, 0.1) is 18.8 Å². The average Bonchev–Trinajstić information content (AvgIpc) is 3.51. The van der Waals surface area contributed by atoms with Crippen molar-refractivity contribution in [1.29, 1.82) is 0 Å². The summed E-state index contributed by atoms with van der Waals surface area (Å²) in [5.74, 6) is -1.68. The number of benzene rings is 2. The Kier molecular flexibility index (Phi) is 5.49. The molecule has 166 valence electrons. The number of fused-ring (bicyclic) bond motifs is 2. The van der Waals surface area contributed by atoms with E-state index in [1.54, 1.807) is 0 Å². The van der Waals surface area contributed by atoms with Gasteiger partial charge in [-0.25, -0.2) is 0 Å². The zero-order chi connectivity index (χ0) is 21.6. The van der Waals surface area contributed by atoms with Crippen LogP contribution in [-0.4, -0.2) is 47.5 Å². The molecule has 2 saturated heterocycles. The van der Waals surface area contributed by atoms with Gasteiger partial charge >= 0.3 is 0 Å². The van der Waals surface area contributed by atoms with Gasteiger partial charge in [-0.3, -0.25) is 0 Å². The summed E-state index contributed by atoms with van der Waals surface area (Å²) in [5.41, 5.74) is 2.77. The second-order valence-electron chi connectivity index (χ2n) is 8.55. The molecule has 2 aliphatic heterocycles. The van der Waals surface area contributed by atoms with E-state index in [2.05, 4.69) is 0 Å². The molecule has 1 aliphatic carbocycles. The van der Waals surface area contributed by atoms with Gasteiger partial charge in [-0.1, -0.05) is 29.8 Å². The predicted octanol–water partition coefficient (Wildman–Crippen LogP) is 3.53. The molecule has 5 rings (SSSR count). The minimum absolute atomic E-state index is 0.0415. The van der Waals surface area contributed by atoms with Gasteiger partial charge < -0.3 is 29.2 Å². The quantitative estimate of drug-likeness (QED) is 0.677. The number of hydrogen-bond donors (Lipinski definition) is 2. The fourth-order valence-electron chi connectivity index (χ4n) is 4.37. The zero-order valence-electron chi connectivity index (χ0n) is 17.4. The Labute approximate surface area is 186 Å². The van der Waals surface area contributed by atoms with Gasteiger partial charge in [0, 0.05) is 17.0 Å². The zero-order valence-corrected chi connectivity index (χ0v) is 18.2. The molecule has 2 heterocycles.